The Morgan fingerprint density at radius 1 is 0.730 bits per heavy atom. The average Bonchev–Trinajstić information content (AvgIpc) is 2.89. The summed E-state index contributed by atoms with van der Waals surface area (Å²) < 4.78 is 0. The van der Waals surface area contributed by atoms with E-state index in [-0.39, 0.29) is 35.5 Å². The standard InChI is InChI=1S/C29H38Cl2N4O2/c1-34-16-12-24(20-4-8-22(30)9-5-20)26(18-34)28(36)32-14-3-15-33-29(37)27-19-35(2)17-13-25(27)21-6-10-23(31)11-7-21/h4-11,24-27H,3,12-19H2,1-2H3,(H,32,36)(H,33,37)/t24-,25-,26+,27+/m1/s1. The number of nitrogens with one attached hydrogen (secondary N) is 2. The molecule has 4 atom stereocenters. The van der Waals surface area contributed by atoms with E-state index in [1.807, 2.05) is 48.5 Å². The van der Waals surface area contributed by atoms with Crippen molar-refractivity contribution in [2.75, 3.05) is 53.4 Å². The zero-order chi connectivity index (χ0) is 26.4. The third-order valence-corrected chi connectivity index (χ3v) is 8.36. The Kier molecular flexibility index (Phi) is 9.88. The van der Waals surface area contributed by atoms with Crippen LogP contribution >= 0.6 is 23.2 Å². The minimum atomic E-state index is -0.104. The summed E-state index contributed by atoms with van der Waals surface area (Å²) in [5.41, 5.74) is 2.33. The number of amides is 2. The molecule has 2 fully saturated rings. The van der Waals surface area contributed by atoms with Crippen molar-refractivity contribution in [1.29, 1.82) is 0 Å². The van der Waals surface area contributed by atoms with Crippen LogP contribution in [0.5, 0.6) is 0 Å². The molecule has 0 spiro atoms. The van der Waals surface area contributed by atoms with E-state index in [1.165, 1.54) is 0 Å². The van der Waals surface area contributed by atoms with Gasteiger partial charge in [-0.05, 0) is 93.7 Å². The van der Waals surface area contributed by atoms with Crippen LogP contribution in [-0.4, -0.2) is 75.0 Å². The van der Waals surface area contributed by atoms with Gasteiger partial charge in [-0.15, -0.1) is 0 Å². The largest absolute Gasteiger partial charge is 0.356 e. The molecule has 37 heavy (non-hydrogen) atoms. The molecule has 4 rings (SSSR count). The fourth-order valence-electron chi connectivity index (χ4n) is 5.75. The number of hydrogen-bond acceptors (Lipinski definition) is 4. The molecule has 2 N–H and O–H groups in total. The molecule has 0 unspecified atom stereocenters. The molecular formula is C29H38Cl2N4O2. The molecule has 0 saturated carbocycles. The van der Waals surface area contributed by atoms with E-state index in [2.05, 4.69) is 34.5 Å². The fourth-order valence-corrected chi connectivity index (χ4v) is 6.00. The van der Waals surface area contributed by atoms with Crippen LogP contribution in [0, 0.1) is 11.8 Å². The first-order chi connectivity index (χ1) is 17.8. The highest BCUT2D eigenvalue weighted by Crippen LogP contribution is 2.34. The van der Waals surface area contributed by atoms with Gasteiger partial charge in [-0.3, -0.25) is 9.59 Å². The van der Waals surface area contributed by atoms with E-state index in [0.717, 1.165) is 50.1 Å². The number of carbonyl (C=O) groups excluding carboxylic acids is 2. The lowest BCUT2D eigenvalue weighted by Gasteiger charge is -2.36. The predicted octanol–water partition coefficient (Wildman–Crippen LogP) is 4.39. The van der Waals surface area contributed by atoms with Gasteiger partial charge < -0.3 is 20.4 Å². The van der Waals surface area contributed by atoms with Gasteiger partial charge in [-0.25, -0.2) is 0 Å². The third kappa shape index (κ3) is 7.47. The molecule has 2 amide bonds. The number of halogens is 2. The Hall–Kier alpha value is -2.12. The Bertz CT molecular complexity index is 963. The van der Waals surface area contributed by atoms with Gasteiger partial charge in [0.05, 0.1) is 11.8 Å². The van der Waals surface area contributed by atoms with Crippen molar-refractivity contribution in [2.45, 2.75) is 31.1 Å². The molecule has 2 aromatic rings. The smallest absolute Gasteiger partial charge is 0.225 e. The molecule has 200 valence electrons. The number of piperidine rings is 2. The van der Waals surface area contributed by atoms with Gasteiger partial charge in [-0.1, -0.05) is 47.5 Å². The van der Waals surface area contributed by atoms with E-state index in [4.69, 9.17) is 23.2 Å². The van der Waals surface area contributed by atoms with Crippen LogP contribution in [0.1, 0.15) is 42.2 Å². The number of hydrogen-bond donors (Lipinski definition) is 2. The van der Waals surface area contributed by atoms with Crippen LogP contribution < -0.4 is 10.6 Å². The highest BCUT2D eigenvalue weighted by molar-refractivity contribution is 6.30. The minimum Gasteiger partial charge on any atom is -0.356 e. The summed E-state index contributed by atoms with van der Waals surface area (Å²) in [4.78, 5) is 30.7. The van der Waals surface area contributed by atoms with E-state index in [1.54, 1.807) is 0 Å². The average molecular weight is 546 g/mol. The number of likely N-dealkylation sites (tertiary alicyclic amines) is 2. The highest BCUT2D eigenvalue weighted by Gasteiger charge is 2.35. The SMILES string of the molecule is CN1CC[C@H](c2ccc(Cl)cc2)[C@@H](C(=O)NCCCNC(=O)[C@H]2CN(C)CC[C@@H]2c2ccc(Cl)cc2)C1. The second kappa shape index (κ2) is 13.1. The molecule has 0 bridgehead atoms. The normalized spacial score (nSPS) is 25.0. The predicted molar refractivity (Wildman–Crippen MR) is 150 cm³/mol. The van der Waals surface area contributed by atoms with E-state index in [9.17, 15) is 9.59 Å². The molecule has 0 aromatic heterocycles. The van der Waals surface area contributed by atoms with Gasteiger partial charge in [0.2, 0.25) is 11.8 Å². The number of benzene rings is 2. The first-order valence-electron chi connectivity index (χ1n) is 13.2. The maximum atomic E-state index is 13.1. The topological polar surface area (TPSA) is 64.7 Å². The van der Waals surface area contributed by atoms with Crippen molar-refractivity contribution < 1.29 is 9.59 Å². The number of nitrogens with zero attached hydrogens (tertiary/aromatic N) is 2. The van der Waals surface area contributed by atoms with Crippen LogP contribution in [0.3, 0.4) is 0 Å². The van der Waals surface area contributed by atoms with Crippen LogP contribution in [-0.2, 0) is 9.59 Å². The Balaban J connectivity index is 1.26. The van der Waals surface area contributed by atoms with Crippen LogP contribution in [0.25, 0.3) is 0 Å². The summed E-state index contributed by atoms with van der Waals surface area (Å²) in [5.74, 6) is 0.312. The van der Waals surface area contributed by atoms with Gasteiger partial charge in [0.25, 0.3) is 0 Å². The van der Waals surface area contributed by atoms with Gasteiger partial charge in [0.1, 0.15) is 0 Å². The number of rotatable bonds is 8. The van der Waals surface area contributed by atoms with E-state index >= 15 is 0 Å². The molecular weight excluding hydrogens is 507 g/mol. The zero-order valence-corrected chi connectivity index (χ0v) is 23.3. The van der Waals surface area contributed by atoms with Gasteiger partial charge in [-0.2, -0.15) is 0 Å². The first kappa shape index (κ1) is 27.9. The fraction of sp³-hybridized carbons (Fsp3) is 0.517. The van der Waals surface area contributed by atoms with Crippen molar-refractivity contribution in [3.05, 3.63) is 69.7 Å². The number of carbonyl (C=O) groups is 2. The summed E-state index contributed by atoms with van der Waals surface area (Å²) in [5, 5.41) is 7.66. The maximum absolute atomic E-state index is 13.1. The minimum absolute atomic E-state index is 0.0783. The molecule has 8 heteroatoms. The highest BCUT2D eigenvalue weighted by atomic mass is 35.5. The monoisotopic (exact) mass is 544 g/mol. The van der Waals surface area contributed by atoms with Crippen molar-refractivity contribution >= 4 is 35.0 Å². The van der Waals surface area contributed by atoms with Crippen LogP contribution in [0.4, 0.5) is 0 Å². The molecule has 0 aliphatic carbocycles. The Morgan fingerprint density at radius 3 is 1.49 bits per heavy atom. The van der Waals surface area contributed by atoms with Crippen molar-refractivity contribution in [2.24, 2.45) is 11.8 Å². The molecule has 2 aliphatic rings. The Labute approximate surface area is 230 Å². The lowest BCUT2D eigenvalue weighted by atomic mass is 9.80. The molecule has 2 aliphatic heterocycles. The first-order valence-corrected chi connectivity index (χ1v) is 14.0. The van der Waals surface area contributed by atoms with E-state index in [0.29, 0.717) is 29.6 Å². The third-order valence-electron chi connectivity index (χ3n) is 7.85. The molecule has 6 nitrogen and oxygen atoms in total. The van der Waals surface area contributed by atoms with Gasteiger partial charge in [0.15, 0.2) is 0 Å². The van der Waals surface area contributed by atoms with Crippen LogP contribution in [0.2, 0.25) is 10.0 Å². The van der Waals surface area contributed by atoms with Crippen molar-refractivity contribution in [1.82, 2.24) is 20.4 Å². The Morgan fingerprint density at radius 2 is 1.11 bits per heavy atom. The second-order valence-corrected chi connectivity index (χ2v) is 11.4. The second-order valence-electron chi connectivity index (χ2n) is 10.6. The van der Waals surface area contributed by atoms with E-state index < -0.39 is 0 Å². The summed E-state index contributed by atoms with van der Waals surface area (Å²) in [7, 11) is 4.13. The quantitative estimate of drug-likeness (QED) is 0.484. The van der Waals surface area contributed by atoms with Crippen LogP contribution in [0.15, 0.2) is 48.5 Å². The summed E-state index contributed by atoms with van der Waals surface area (Å²) in [6.45, 7) is 4.48. The lowest BCUT2D eigenvalue weighted by molar-refractivity contribution is -0.127. The van der Waals surface area contributed by atoms with Gasteiger partial charge in [0, 0.05) is 36.2 Å². The van der Waals surface area contributed by atoms with Crippen molar-refractivity contribution in [3.8, 4) is 0 Å². The maximum Gasteiger partial charge on any atom is 0.225 e. The summed E-state index contributed by atoms with van der Waals surface area (Å²) >= 11 is 12.1. The zero-order valence-electron chi connectivity index (χ0n) is 21.8. The van der Waals surface area contributed by atoms with Crippen molar-refractivity contribution in [3.63, 3.8) is 0 Å². The lowest BCUT2D eigenvalue weighted by Crippen LogP contribution is -2.46. The molecule has 2 aromatic carbocycles. The molecule has 2 heterocycles. The summed E-state index contributed by atoms with van der Waals surface area (Å²) in [6.07, 6.45) is 2.58. The summed E-state index contributed by atoms with van der Waals surface area (Å²) in [6, 6.07) is 15.7. The molecule has 2 saturated heterocycles. The molecule has 0 radical (unpaired) electrons. The van der Waals surface area contributed by atoms with Gasteiger partial charge >= 0.3 is 0 Å².